The molecule has 1 unspecified atom stereocenters. The molecule has 1 fully saturated rings. The summed E-state index contributed by atoms with van der Waals surface area (Å²) in [5, 5.41) is 15.0. The third-order valence-corrected chi connectivity index (χ3v) is 5.22. The maximum absolute atomic E-state index is 4.36. The quantitative estimate of drug-likeness (QED) is 0.341. The fourth-order valence-electron chi connectivity index (χ4n) is 3.75. The van der Waals surface area contributed by atoms with Crippen molar-refractivity contribution in [2.24, 2.45) is 10.9 Å². The van der Waals surface area contributed by atoms with E-state index < -0.39 is 0 Å². The molecule has 0 saturated heterocycles. The van der Waals surface area contributed by atoms with Gasteiger partial charge >= 0.3 is 0 Å². The molecule has 0 spiro atoms. The average molecular weight is 477 g/mol. The van der Waals surface area contributed by atoms with Gasteiger partial charge in [0.25, 0.3) is 0 Å². The average Bonchev–Trinajstić information content (AvgIpc) is 3.08. The number of rotatable bonds is 8. The Balaban J connectivity index is 0.00000338. The van der Waals surface area contributed by atoms with Crippen molar-refractivity contribution in [1.82, 2.24) is 30.3 Å². The van der Waals surface area contributed by atoms with E-state index in [2.05, 4.69) is 56.3 Å². The van der Waals surface area contributed by atoms with Crippen molar-refractivity contribution < 1.29 is 0 Å². The molecule has 1 aromatic rings. The minimum atomic E-state index is 0. The summed E-state index contributed by atoms with van der Waals surface area (Å²) in [6.07, 6.45) is 9.55. The summed E-state index contributed by atoms with van der Waals surface area (Å²) < 4.78 is 2.09. The first-order valence-electron chi connectivity index (χ1n) is 9.63. The highest BCUT2D eigenvalue weighted by Crippen LogP contribution is 2.27. The summed E-state index contributed by atoms with van der Waals surface area (Å²) in [6, 6.07) is 0.559. The second-order valence-electron chi connectivity index (χ2n) is 7.10. The molecule has 2 N–H and O–H groups in total. The Morgan fingerprint density at radius 1 is 1.31 bits per heavy atom. The summed E-state index contributed by atoms with van der Waals surface area (Å²) in [5.74, 6) is 2.68. The van der Waals surface area contributed by atoms with E-state index in [1.54, 1.807) is 6.33 Å². The number of aliphatic imine (C=N–C) groups is 1. The van der Waals surface area contributed by atoms with Gasteiger partial charge in [-0.3, -0.25) is 4.99 Å². The highest BCUT2D eigenvalue weighted by atomic mass is 127. The SMILES string of the molecule is CCc1nncn1CCNC(=NC)NCC(C1CCCCC1)N(C)C.I. The van der Waals surface area contributed by atoms with Gasteiger partial charge in [0.15, 0.2) is 5.96 Å². The predicted molar refractivity (Wildman–Crippen MR) is 118 cm³/mol. The number of nitrogens with zero attached hydrogens (tertiary/aromatic N) is 5. The lowest BCUT2D eigenvalue weighted by Crippen LogP contribution is -2.48. The topological polar surface area (TPSA) is 70.4 Å². The van der Waals surface area contributed by atoms with Gasteiger partial charge in [-0.2, -0.15) is 0 Å². The number of aromatic nitrogens is 3. The molecule has 150 valence electrons. The van der Waals surface area contributed by atoms with Crippen molar-refractivity contribution in [2.75, 3.05) is 34.2 Å². The maximum atomic E-state index is 4.36. The Kier molecular flexibility index (Phi) is 11.1. The van der Waals surface area contributed by atoms with Crippen LogP contribution < -0.4 is 10.6 Å². The molecule has 0 aromatic carbocycles. The Hall–Kier alpha value is -0.900. The Bertz CT molecular complexity index is 523. The number of guanidine groups is 1. The Morgan fingerprint density at radius 3 is 2.65 bits per heavy atom. The third kappa shape index (κ3) is 7.02. The number of hydrogen-bond acceptors (Lipinski definition) is 4. The van der Waals surface area contributed by atoms with Crippen LogP contribution in [0.5, 0.6) is 0 Å². The largest absolute Gasteiger partial charge is 0.355 e. The zero-order valence-electron chi connectivity index (χ0n) is 16.7. The van der Waals surface area contributed by atoms with Crippen LogP contribution in [0.2, 0.25) is 0 Å². The van der Waals surface area contributed by atoms with Crippen molar-refractivity contribution in [3.63, 3.8) is 0 Å². The van der Waals surface area contributed by atoms with E-state index in [-0.39, 0.29) is 24.0 Å². The molecule has 7 nitrogen and oxygen atoms in total. The summed E-state index contributed by atoms with van der Waals surface area (Å²) in [6.45, 7) is 4.68. The molecule has 26 heavy (non-hydrogen) atoms. The van der Waals surface area contributed by atoms with E-state index in [1.165, 1.54) is 32.1 Å². The molecule has 1 aliphatic carbocycles. The van der Waals surface area contributed by atoms with Crippen LogP contribution in [0.3, 0.4) is 0 Å². The normalized spacial score (nSPS) is 17.0. The van der Waals surface area contributed by atoms with Crippen molar-refractivity contribution in [3.05, 3.63) is 12.2 Å². The van der Waals surface area contributed by atoms with Crippen LogP contribution in [0, 0.1) is 5.92 Å². The molecule has 1 heterocycles. The smallest absolute Gasteiger partial charge is 0.191 e. The number of nitrogens with one attached hydrogen (secondary N) is 2. The first kappa shape index (κ1) is 23.1. The highest BCUT2D eigenvalue weighted by Gasteiger charge is 2.25. The van der Waals surface area contributed by atoms with Crippen molar-refractivity contribution in [3.8, 4) is 0 Å². The first-order chi connectivity index (χ1) is 12.2. The number of hydrogen-bond donors (Lipinski definition) is 2. The zero-order valence-corrected chi connectivity index (χ0v) is 19.1. The minimum Gasteiger partial charge on any atom is -0.355 e. The van der Waals surface area contributed by atoms with Crippen LogP contribution in [-0.2, 0) is 13.0 Å². The van der Waals surface area contributed by atoms with E-state index in [9.17, 15) is 0 Å². The zero-order chi connectivity index (χ0) is 18.1. The van der Waals surface area contributed by atoms with E-state index in [1.807, 2.05) is 7.05 Å². The molecule has 0 radical (unpaired) electrons. The van der Waals surface area contributed by atoms with Crippen LogP contribution in [-0.4, -0.2) is 65.9 Å². The summed E-state index contributed by atoms with van der Waals surface area (Å²) in [5.41, 5.74) is 0. The second kappa shape index (κ2) is 12.5. The summed E-state index contributed by atoms with van der Waals surface area (Å²) in [4.78, 5) is 6.72. The third-order valence-electron chi connectivity index (χ3n) is 5.22. The molecule has 1 atom stereocenters. The highest BCUT2D eigenvalue weighted by molar-refractivity contribution is 14.0. The van der Waals surface area contributed by atoms with Crippen LogP contribution >= 0.6 is 24.0 Å². The predicted octanol–water partition coefficient (Wildman–Crippen LogP) is 2.13. The molecule has 2 rings (SSSR count). The molecule has 1 aliphatic rings. The lowest BCUT2D eigenvalue weighted by molar-refractivity contribution is 0.171. The van der Waals surface area contributed by atoms with Gasteiger partial charge in [0.2, 0.25) is 0 Å². The van der Waals surface area contributed by atoms with E-state index in [0.717, 1.165) is 43.8 Å². The number of halogens is 1. The summed E-state index contributed by atoms with van der Waals surface area (Å²) >= 11 is 0. The Labute approximate surface area is 175 Å². The maximum Gasteiger partial charge on any atom is 0.191 e. The molecule has 0 aliphatic heterocycles. The standard InChI is InChI=1S/C18H35N7.HI/c1-5-17-23-22-14-25(17)12-11-20-18(19-2)21-13-16(24(3)4)15-9-7-6-8-10-15;/h14-16H,5-13H2,1-4H3,(H2,19,20,21);1H. The first-order valence-corrected chi connectivity index (χ1v) is 9.63. The van der Waals surface area contributed by atoms with E-state index in [0.29, 0.717) is 6.04 Å². The molecule has 1 saturated carbocycles. The van der Waals surface area contributed by atoms with Gasteiger partial charge in [-0.1, -0.05) is 26.2 Å². The lowest BCUT2D eigenvalue weighted by atomic mass is 9.83. The molecule has 8 heteroatoms. The lowest BCUT2D eigenvalue weighted by Gasteiger charge is -2.35. The number of likely N-dealkylation sites (N-methyl/N-ethyl adjacent to an activating group) is 1. The summed E-state index contributed by atoms with van der Waals surface area (Å²) in [7, 11) is 6.21. The van der Waals surface area contributed by atoms with Gasteiger partial charge in [0.1, 0.15) is 12.2 Å². The van der Waals surface area contributed by atoms with Crippen LogP contribution in [0.1, 0.15) is 44.9 Å². The van der Waals surface area contributed by atoms with Crippen molar-refractivity contribution >= 4 is 29.9 Å². The fourth-order valence-corrected chi connectivity index (χ4v) is 3.75. The molecular weight excluding hydrogens is 441 g/mol. The molecular formula is C18H36IN7. The van der Waals surface area contributed by atoms with Gasteiger partial charge in [0.05, 0.1) is 0 Å². The second-order valence-corrected chi connectivity index (χ2v) is 7.10. The minimum absolute atomic E-state index is 0. The van der Waals surface area contributed by atoms with Gasteiger partial charge in [-0.05, 0) is 32.9 Å². The van der Waals surface area contributed by atoms with E-state index >= 15 is 0 Å². The fraction of sp³-hybridized carbons (Fsp3) is 0.833. The molecule has 1 aromatic heterocycles. The Morgan fingerprint density at radius 2 is 2.04 bits per heavy atom. The van der Waals surface area contributed by atoms with Crippen LogP contribution in [0.15, 0.2) is 11.3 Å². The van der Waals surface area contributed by atoms with Gasteiger partial charge in [-0.25, -0.2) is 0 Å². The van der Waals surface area contributed by atoms with Gasteiger partial charge in [0, 0.05) is 39.1 Å². The van der Waals surface area contributed by atoms with Gasteiger partial charge in [-0.15, -0.1) is 34.2 Å². The molecule has 0 bridgehead atoms. The van der Waals surface area contributed by atoms with Crippen molar-refractivity contribution in [1.29, 1.82) is 0 Å². The monoisotopic (exact) mass is 477 g/mol. The number of aryl methyl sites for hydroxylation is 1. The van der Waals surface area contributed by atoms with Crippen LogP contribution in [0.4, 0.5) is 0 Å². The molecule has 0 amide bonds. The van der Waals surface area contributed by atoms with Crippen molar-refractivity contribution in [2.45, 2.75) is 58.0 Å². The van der Waals surface area contributed by atoms with Gasteiger partial charge < -0.3 is 20.1 Å². The van der Waals surface area contributed by atoms with E-state index in [4.69, 9.17) is 0 Å². The van der Waals surface area contributed by atoms with Crippen LogP contribution in [0.25, 0.3) is 0 Å².